The quantitative estimate of drug-likeness (QED) is 0.789. The van der Waals surface area contributed by atoms with Gasteiger partial charge in [-0.2, -0.15) is 0 Å². The van der Waals surface area contributed by atoms with Crippen molar-refractivity contribution in [1.82, 2.24) is 9.97 Å². The SMILES string of the molecule is Cc1ccccc1N(C)c1cc(Br)ncn1. The summed E-state index contributed by atoms with van der Waals surface area (Å²) in [4.78, 5) is 10.3. The smallest absolute Gasteiger partial charge is 0.137 e. The van der Waals surface area contributed by atoms with E-state index in [1.165, 1.54) is 5.56 Å². The highest BCUT2D eigenvalue weighted by Crippen LogP contribution is 2.25. The van der Waals surface area contributed by atoms with Gasteiger partial charge in [-0.3, -0.25) is 0 Å². The first-order chi connectivity index (χ1) is 7.68. The van der Waals surface area contributed by atoms with Crippen LogP contribution in [0.5, 0.6) is 0 Å². The highest BCUT2D eigenvalue weighted by Gasteiger charge is 2.07. The fourth-order valence-corrected chi connectivity index (χ4v) is 1.87. The van der Waals surface area contributed by atoms with Crippen LogP contribution in [0.3, 0.4) is 0 Å². The molecule has 1 heterocycles. The van der Waals surface area contributed by atoms with Crippen molar-refractivity contribution in [2.24, 2.45) is 0 Å². The van der Waals surface area contributed by atoms with Crippen molar-refractivity contribution in [3.63, 3.8) is 0 Å². The molecule has 0 aliphatic rings. The number of rotatable bonds is 2. The van der Waals surface area contributed by atoms with Gasteiger partial charge in [0.1, 0.15) is 16.7 Å². The molecule has 3 nitrogen and oxygen atoms in total. The van der Waals surface area contributed by atoms with Crippen molar-refractivity contribution in [3.05, 3.63) is 46.8 Å². The molecule has 2 rings (SSSR count). The minimum absolute atomic E-state index is 0.790. The van der Waals surface area contributed by atoms with E-state index in [1.807, 2.05) is 30.1 Å². The number of aromatic nitrogens is 2. The van der Waals surface area contributed by atoms with E-state index in [1.54, 1.807) is 6.33 Å². The van der Waals surface area contributed by atoms with Gasteiger partial charge in [-0.05, 0) is 34.5 Å². The van der Waals surface area contributed by atoms with E-state index >= 15 is 0 Å². The monoisotopic (exact) mass is 277 g/mol. The van der Waals surface area contributed by atoms with Gasteiger partial charge in [-0.15, -0.1) is 0 Å². The number of hydrogen-bond donors (Lipinski definition) is 0. The summed E-state index contributed by atoms with van der Waals surface area (Å²) in [7, 11) is 2.00. The van der Waals surface area contributed by atoms with Crippen LogP contribution >= 0.6 is 15.9 Å². The number of anilines is 2. The van der Waals surface area contributed by atoms with Crippen molar-refractivity contribution >= 4 is 27.4 Å². The second-order valence-corrected chi connectivity index (χ2v) is 4.36. The van der Waals surface area contributed by atoms with Crippen LogP contribution in [0.25, 0.3) is 0 Å². The van der Waals surface area contributed by atoms with Crippen LogP contribution in [0.4, 0.5) is 11.5 Å². The lowest BCUT2D eigenvalue weighted by molar-refractivity contribution is 1.06. The van der Waals surface area contributed by atoms with Gasteiger partial charge < -0.3 is 4.90 Å². The molecule has 0 unspecified atom stereocenters. The van der Waals surface area contributed by atoms with Crippen molar-refractivity contribution < 1.29 is 0 Å². The van der Waals surface area contributed by atoms with Crippen molar-refractivity contribution in [2.75, 3.05) is 11.9 Å². The molecule has 1 aromatic carbocycles. The van der Waals surface area contributed by atoms with Crippen molar-refractivity contribution in [3.8, 4) is 0 Å². The van der Waals surface area contributed by atoms with E-state index in [2.05, 4.69) is 45.0 Å². The molecule has 0 saturated heterocycles. The second kappa shape index (κ2) is 4.61. The van der Waals surface area contributed by atoms with Crippen LogP contribution < -0.4 is 4.90 Å². The lowest BCUT2D eigenvalue weighted by atomic mass is 10.2. The Balaban J connectivity index is 2.39. The average molecular weight is 278 g/mol. The third-order valence-corrected chi connectivity index (χ3v) is 2.87. The molecule has 0 saturated carbocycles. The number of para-hydroxylation sites is 1. The molecular weight excluding hydrogens is 266 g/mol. The zero-order chi connectivity index (χ0) is 11.5. The van der Waals surface area contributed by atoms with E-state index in [9.17, 15) is 0 Å². The van der Waals surface area contributed by atoms with Crippen molar-refractivity contribution in [1.29, 1.82) is 0 Å². The Morgan fingerprint density at radius 3 is 2.62 bits per heavy atom. The standard InChI is InChI=1S/C12H12BrN3/c1-9-5-3-4-6-10(9)16(2)12-7-11(13)14-8-15-12/h3-8H,1-2H3. The third kappa shape index (κ3) is 2.22. The first kappa shape index (κ1) is 11.1. The molecule has 2 aromatic rings. The van der Waals surface area contributed by atoms with Crippen LogP contribution in [0.1, 0.15) is 5.56 Å². The molecule has 0 aliphatic heterocycles. The topological polar surface area (TPSA) is 29.0 Å². The van der Waals surface area contributed by atoms with E-state index < -0.39 is 0 Å². The lowest BCUT2D eigenvalue weighted by Crippen LogP contribution is -2.12. The summed E-state index contributed by atoms with van der Waals surface area (Å²) in [5.41, 5.74) is 2.37. The minimum atomic E-state index is 0.790. The Morgan fingerprint density at radius 2 is 1.94 bits per heavy atom. The molecule has 0 bridgehead atoms. The first-order valence-electron chi connectivity index (χ1n) is 4.95. The van der Waals surface area contributed by atoms with Gasteiger partial charge in [-0.1, -0.05) is 18.2 Å². The van der Waals surface area contributed by atoms with Gasteiger partial charge in [0.25, 0.3) is 0 Å². The fourth-order valence-electron chi connectivity index (χ4n) is 1.57. The summed E-state index contributed by atoms with van der Waals surface area (Å²) in [6.07, 6.45) is 1.55. The molecule has 16 heavy (non-hydrogen) atoms. The van der Waals surface area contributed by atoms with Crippen LogP contribution in [-0.4, -0.2) is 17.0 Å². The summed E-state index contributed by atoms with van der Waals surface area (Å²) >= 11 is 3.34. The second-order valence-electron chi connectivity index (χ2n) is 3.54. The van der Waals surface area contributed by atoms with Crippen LogP contribution in [0, 0.1) is 6.92 Å². The summed E-state index contributed by atoms with van der Waals surface area (Å²) < 4.78 is 0.790. The molecule has 4 heteroatoms. The van der Waals surface area contributed by atoms with Crippen LogP contribution in [0.2, 0.25) is 0 Å². The van der Waals surface area contributed by atoms with Gasteiger partial charge in [0, 0.05) is 18.8 Å². The lowest BCUT2D eigenvalue weighted by Gasteiger charge is -2.20. The molecule has 0 spiro atoms. The van der Waals surface area contributed by atoms with Crippen molar-refractivity contribution in [2.45, 2.75) is 6.92 Å². The molecule has 82 valence electrons. The minimum Gasteiger partial charge on any atom is -0.329 e. The molecule has 0 amide bonds. The van der Waals surface area contributed by atoms with Gasteiger partial charge in [0.05, 0.1) is 0 Å². The molecule has 0 radical (unpaired) electrons. The number of halogens is 1. The number of nitrogens with zero attached hydrogens (tertiary/aromatic N) is 3. The highest BCUT2D eigenvalue weighted by atomic mass is 79.9. The van der Waals surface area contributed by atoms with Gasteiger partial charge in [0.2, 0.25) is 0 Å². The van der Waals surface area contributed by atoms with Gasteiger partial charge in [-0.25, -0.2) is 9.97 Å². The third-order valence-electron chi connectivity index (χ3n) is 2.44. The molecule has 0 atom stereocenters. The molecule has 0 fully saturated rings. The Kier molecular flexibility index (Phi) is 3.19. The summed E-state index contributed by atoms with van der Waals surface area (Å²) in [5, 5.41) is 0. The number of benzene rings is 1. The van der Waals surface area contributed by atoms with E-state index in [-0.39, 0.29) is 0 Å². The summed E-state index contributed by atoms with van der Waals surface area (Å²) in [6, 6.07) is 10.1. The van der Waals surface area contributed by atoms with Crippen LogP contribution in [-0.2, 0) is 0 Å². The maximum atomic E-state index is 4.24. The fraction of sp³-hybridized carbons (Fsp3) is 0.167. The molecule has 1 aromatic heterocycles. The predicted octanol–water partition coefficient (Wildman–Crippen LogP) is 3.32. The molecular formula is C12H12BrN3. The van der Waals surface area contributed by atoms with Gasteiger partial charge in [0.15, 0.2) is 0 Å². The number of aryl methyl sites for hydroxylation is 1. The zero-order valence-electron chi connectivity index (χ0n) is 9.18. The Bertz CT molecular complexity index is 499. The average Bonchev–Trinajstić information content (AvgIpc) is 2.29. The molecule has 0 aliphatic carbocycles. The normalized spacial score (nSPS) is 10.2. The van der Waals surface area contributed by atoms with Crippen LogP contribution in [0.15, 0.2) is 41.3 Å². The van der Waals surface area contributed by atoms with Gasteiger partial charge >= 0.3 is 0 Å². The maximum absolute atomic E-state index is 4.24. The number of hydrogen-bond acceptors (Lipinski definition) is 3. The first-order valence-corrected chi connectivity index (χ1v) is 5.74. The zero-order valence-corrected chi connectivity index (χ0v) is 10.8. The van der Waals surface area contributed by atoms with E-state index in [0.29, 0.717) is 0 Å². The largest absolute Gasteiger partial charge is 0.329 e. The van der Waals surface area contributed by atoms with E-state index in [0.717, 1.165) is 16.1 Å². The predicted molar refractivity (Wildman–Crippen MR) is 69.0 cm³/mol. The van der Waals surface area contributed by atoms with E-state index in [4.69, 9.17) is 0 Å². The Hall–Kier alpha value is -1.42. The maximum Gasteiger partial charge on any atom is 0.137 e. The Morgan fingerprint density at radius 1 is 1.19 bits per heavy atom. The summed E-state index contributed by atoms with van der Waals surface area (Å²) in [5.74, 6) is 0.871. The summed E-state index contributed by atoms with van der Waals surface area (Å²) in [6.45, 7) is 2.09. The molecule has 0 N–H and O–H groups in total. The highest BCUT2D eigenvalue weighted by molar-refractivity contribution is 9.10. The Labute approximate surface area is 103 Å².